The summed E-state index contributed by atoms with van der Waals surface area (Å²) in [4.78, 5) is 15.9. The standard InChI is InChI=1S/C55H35N5/c1-3-15-36(16-4-1)37-27-29-38(30-28-37)53-56-54(41-31-32-45-43-21-9-12-24-48(43)59(51(45)35-41)42-19-5-2-6-20-42)58-55(57-53)46-23-11-14-26-50(46)60-49-25-13-10-22-44(49)47-33-39-17-7-8-18-40(39)34-52(47)60/h1-35H. The van der Waals surface area contributed by atoms with Gasteiger partial charge in [-0.3, -0.25) is 0 Å². The fourth-order valence-electron chi connectivity index (χ4n) is 8.93. The van der Waals surface area contributed by atoms with E-state index in [1.54, 1.807) is 0 Å². The molecular formula is C55H35N5. The Kier molecular flexibility index (Phi) is 7.78. The predicted octanol–water partition coefficient (Wildman–Crippen LogP) is 13.9. The van der Waals surface area contributed by atoms with Crippen molar-refractivity contribution in [2.45, 2.75) is 0 Å². The molecule has 0 aliphatic carbocycles. The Labute approximate surface area is 346 Å². The highest BCUT2D eigenvalue weighted by Crippen LogP contribution is 2.39. The smallest absolute Gasteiger partial charge is 0.166 e. The summed E-state index contributed by atoms with van der Waals surface area (Å²) in [5.41, 5.74) is 11.6. The molecule has 0 radical (unpaired) electrons. The molecule has 0 bridgehead atoms. The van der Waals surface area contributed by atoms with Crippen molar-refractivity contribution in [2.24, 2.45) is 0 Å². The van der Waals surface area contributed by atoms with Crippen LogP contribution in [0.1, 0.15) is 0 Å². The highest BCUT2D eigenvalue weighted by atomic mass is 15.1. The fourth-order valence-corrected chi connectivity index (χ4v) is 8.93. The average Bonchev–Trinajstić information content (AvgIpc) is 3.83. The number of benzene rings is 9. The van der Waals surface area contributed by atoms with Gasteiger partial charge >= 0.3 is 0 Å². The minimum atomic E-state index is 0.605. The lowest BCUT2D eigenvalue weighted by Crippen LogP contribution is -2.03. The largest absolute Gasteiger partial charge is 0.309 e. The van der Waals surface area contributed by atoms with Crippen LogP contribution in [-0.4, -0.2) is 24.1 Å². The minimum absolute atomic E-state index is 0.605. The third kappa shape index (κ3) is 5.52. The number of para-hydroxylation sites is 4. The number of nitrogens with zero attached hydrogens (tertiary/aromatic N) is 5. The zero-order valence-electron chi connectivity index (χ0n) is 32.4. The number of hydrogen-bond donors (Lipinski definition) is 0. The Morgan fingerprint density at radius 3 is 1.55 bits per heavy atom. The molecule has 0 aliphatic rings. The van der Waals surface area contributed by atoms with Gasteiger partial charge < -0.3 is 9.13 Å². The fraction of sp³-hybridized carbons (Fsp3) is 0. The van der Waals surface area contributed by atoms with Gasteiger partial charge in [0.25, 0.3) is 0 Å². The molecule has 12 rings (SSSR count). The van der Waals surface area contributed by atoms with Crippen molar-refractivity contribution in [3.8, 4) is 56.7 Å². The second-order valence-corrected chi connectivity index (χ2v) is 15.3. The third-order valence-electron chi connectivity index (χ3n) is 11.8. The second-order valence-electron chi connectivity index (χ2n) is 15.3. The van der Waals surface area contributed by atoms with Gasteiger partial charge in [-0.25, -0.2) is 15.0 Å². The topological polar surface area (TPSA) is 48.5 Å². The van der Waals surface area contributed by atoms with E-state index in [1.165, 1.54) is 32.3 Å². The van der Waals surface area contributed by atoms with Crippen LogP contribution < -0.4 is 0 Å². The molecule has 0 unspecified atom stereocenters. The summed E-state index contributed by atoms with van der Waals surface area (Å²) in [6.45, 7) is 0. The van der Waals surface area contributed by atoms with E-state index in [2.05, 4.69) is 215 Å². The molecule has 3 aromatic heterocycles. The van der Waals surface area contributed by atoms with Gasteiger partial charge in [0.15, 0.2) is 17.5 Å². The van der Waals surface area contributed by atoms with Crippen LogP contribution in [0, 0.1) is 0 Å². The maximum atomic E-state index is 5.36. The summed E-state index contributed by atoms with van der Waals surface area (Å²) in [5, 5.41) is 7.19. The van der Waals surface area contributed by atoms with Gasteiger partial charge in [0.2, 0.25) is 0 Å². The Bertz CT molecular complexity index is 3580. The van der Waals surface area contributed by atoms with E-state index in [0.717, 1.165) is 61.3 Å². The summed E-state index contributed by atoms with van der Waals surface area (Å²) in [6.07, 6.45) is 0. The molecule has 0 saturated heterocycles. The molecule has 60 heavy (non-hydrogen) atoms. The van der Waals surface area contributed by atoms with Gasteiger partial charge in [-0.05, 0) is 76.5 Å². The zero-order valence-corrected chi connectivity index (χ0v) is 32.4. The number of hydrogen-bond acceptors (Lipinski definition) is 3. The van der Waals surface area contributed by atoms with Crippen LogP contribution in [-0.2, 0) is 0 Å². The van der Waals surface area contributed by atoms with Crippen molar-refractivity contribution in [3.63, 3.8) is 0 Å². The third-order valence-corrected chi connectivity index (χ3v) is 11.8. The first-order valence-corrected chi connectivity index (χ1v) is 20.3. The van der Waals surface area contributed by atoms with Crippen LogP contribution in [0.25, 0.3) is 111 Å². The molecule has 0 N–H and O–H groups in total. The summed E-state index contributed by atoms with van der Waals surface area (Å²) in [6, 6.07) is 75.0. The SMILES string of the molecule is c1ccc(-c2ccc(-c3nc(-c4ccc5c6ccccc6n(-c6ccccc6)c5c4)nc(-c4ccccc4-n4c5ccccc5c5cc6ccccc6cc54)n3)cc2)cc1. The molecular weight excluding hydrogens is 731 g/mol. The highest BCUT2D eigenvalue weighted by molar-refractivity contribution is 6.14. The molecule has 280 valence electrons. The Morgan fingerprint density at radius 2 is 0.783 bits per heavy atom. The normalized spacial score (nSPS) is 11.7. The lowest BCUT2D eigenvalue weighted by Gasteiger charge is -2.15. The van der Waals surface area contributed by atoms with Crippen molar-refractivity contribution in [1.82, 2.24) is 24.1 Å². The first kappa shape index (κ1) is 33.9. The van der Waals surface area contributed by atoms with Gasteiger partial charge in [0.05, 0.1) is 27.8 Å². The van der Waals surface area contributed by atoms with E-state index < -0.39 is 0 Å². The maximum absolute atomic E-state index is 5.36. The summed E-state index contributed by atoms with van der Waals surface area (Å²) in [5.74, 6) is 1.83. The average molecular weight is 766 g/mol. The van der Waals surface area contributed by atoms with Gasteiger partial charge in [0, 0.05) is 43.9 Å². The molecule has 0 aliphatic heterocycles. The molecule has 0 spiro atoms. The van der Waals surface area contributed by atoms with Crippen molar-refractivity contribution in [2.75, 3.05) is 0 Å². The van der Waals surface area contributed by atoms with E-state index in [9.17, 15) is 0 Å². The van der Waals surface area contributed by atoms with Crippen molar-refractivity contribution < 1.29 is 0 Å². The molecule has 0 atom stereocenters. The number of rotatable bonds is 6. The lowest BCUT2D eigenvalue weighted by atomic mass is 10.0. The second kappa shape index (κ2) is 13.8. The first-order chi connectivity index (χ1) is 29.7. The monoisotopic (exact) mass is 765 g/mol. The predicted molar refractivity (Wildman–Crippen MR) is 248 cm³/mol. The van der Waals surface area contributed by atoms with E-state index >= 15 is 0 Å². The molecule has 5 nitrogen and oxygen atoms in total. The van der Waals surface area contributed by atoms with E-state index in [0.29, 0.717) is 17.5 Å². The molecule has 0 amide bonds. The van der Waals surface area contributed by atoms with Crippen LogP contribution in [0.2, 0.25) is 0 Å². The van der Waals surface area contributed by atoms with Gasteiger partial charge in [-0.2, -0.15) is 0 Å². The molecule has 12 aromatic rings. The van der Waals surface area contributed by atoms with Gasteiger partial charge in [0.1, 0.15) is 0 Å². The van der Waals surface area contributed by atoms with Crippen LogP contribution in [0.5, 0.6) is 0 Å². The Balaban J connectivity index is 1.10. The van der Waals surface area contributed by atoms with Gasteiger partial charge in [-0.15, -0.1) is 0 Å². The zero-order chi connectivity index (χ0) is 39.6. The minimum Gasteiger partial charge on any atom is -0.309 e. The Morgan fingerprint density at radius 1 is 0.283 bits per heavy atom. The summed E-state index contributed by atoms with van der Waals surface area (Å²) < 4.78 is 4.70. The van der Waals surface area contributed by atoms with Crippen LogP contribution in [0.3, 0.4) is 0 Å². The molecule has 0 saturated carbocycles. The maximum Gasteiger partial charge on any atom is 0.166 e. The molecule has 5 heteroatoms. The van der Waals surface area contributed by atoms with E-state index in [1.807, 2.05) is 6.07 Å². The van der Waals surface area contributed by atoms with Crippen molar-refractivity contribution in [3.05, 3.63) is 212 Å². The molecule has 9 aromatic carbocycles. The van der Waals surface area contributed by atoms with E-state index in [4.69, 9.17) is 15.0 Å². The molecule has 0 fully saturated rings. The van der Waals surface area contributed by atoms with E-state index in [-0.39, 0.29) is 0 Å². The van der Waals surface area contributed by atoms with Crippen LogP contribution in [0.4, 0.5) is 0 Å². The highest BCUT2D eigenvalue weighted by Gasteiger charge is 2.21. The van der Waals surface area contributed by atoms with Gasteiger partial charge in [-0.1, -0.05) is 158 Å². The molecule has 3 heterocycles. The van der Waals surface area contributed by atoms with Crippen molar-refractivity contribution >= 4 is 54.4 Å². The quantitative estimate of drug-likeness (QED) is 0.169. The Hall–Kier alpha value is -8.15. The van der Waals surface area contributed by atoms with Crippen LogP contribution >= 0.6 is 0 Å². The number of aromatic nitrogens is 5. The summed E-state index contributed by atoms with van der Waals surface area (Å²) >= 11 is 0. The first-order valence-electron chi connectivity index (χ1n) is 20.3. The summed E-state index contributed by atoms with van der Waals surface area (Å²) in [7, 11) is 0. The van der Waals surface area contributed by atoms with Crippen molar-refractivity contribution in [1.29, 1.82) is 0 Å². The van der Waals surface area contributed by atoms with Crippen LogP contribution in [0.15, 0.2) is 212 Å². The lowest BCUT2D eigenvalue weighted by molar-refractivity contribution is 1.06. The number of fused-ring (bicyclic) bond motifs is 7.